The van der Waals surface area contributed by atoms with Crippen molar-refractivity contribution in [2.75, 3.05) is 40.3 Å². The first-order valence-corrected chi connectivity index (χ1v) is 5.26. The molecule has 0 fully saturated rings. The van der Waals surface area contributed by atoms with Crippen LogP contribution in [0.1, 0.15) is 19.2 Å². The maximum absolute atomic E-state index is 12.1. The van der Waals surface area contributed by atoms with Crippen molar-refractivity contribution in [3.8, 4) is 11.5 Å². The summed E-state index contributed by atoms with van der Waals surface area (Å²) in [4.78, 5) is 18.1. The van der Waals surface area contributed by atoms with Crippen LogP contribution in [0.3, 0.4) is 0 Å². The van der Waals surface area contributed by atoms with Crippen molar-refractivity contribution >= 4 is 10.9 Å². The summed E-state index contributed by atoms with van der Waals surface area (Å²) in [5, 5.41) is -0.287. The first-order valence-electron chi connectivity index (χ1n) is 12.3. The van der Waals surface area contributed by atoms with Gasteiger partial charge in [-0.3, -0.25) is 4.79 Å². The third kappa shape index (κ3) is 3.93. The largest absolute Gasteiger partial charge is 0.487 e. The van der Waals surface area contributed by atoms with Gasteiger partial charge in [0.2, 0.25) is 0 Å². The molecule has 0 aliphatic carbocycles. The van der Waals surface area contributed by atoms with E-state index in [1.165, 1.54) is 0 Å². The van der Waals surface area contributed by atoms with Crippen molar-refractivity contribution in [2.24, 2.45) is 0 Å². The summed E-state index contributed by atoms with van der Waals surface area (Å²) >= 11 is 0. The third-order valence-corrected chi connectivity index (χ3v) is 2.21. The van der Waals surface area contributed by atoms with Crippen LogP contribution in [-0.2, 0) is 9.47 Å². The SMILES string of the molecule is [2H]C([2H])([2H])OC([2H])([2H])C([2H])([2H])Oc1cc2nc[nH]c(=O)c2cc1OC([2H])([2H])C([2H])([2H])OC([2H])([2H])[2H]. The molecular formula is C14H18N2O5. The van der Waals surface area contributed by atoms with Crippen molar-refractivity contribution in [2.45, 2.75) is 0 Å². The van der Waals surface area contributed by atoms with Gasteiger partial charge >= 0.3 is 0 Å². The molecule has 0 spiro atoms. The van der Waals surface area contributed by atoms with E-state index in [-0.39, 0.29) is 10.9 Å². The molecule has 0 aliphatic rings. The van der Waals surface area contributed by atoms with E-state index in [0.29, 0.717) is 0 Å². The molecule has 0 unspecified atom stereocenters. The quantitative estimate of drug-likeness (QED) is 0.782. The van der Waals surface area contributed by atoms with E-state index in [9.17, 15) is 4.79 Å². The van der Waals surface area contributed by atoms with Gasteiger partial charge in [-0.25, -0.2) is 4.98 Å². The zero-order chi connectivity index (χ0) is 27.3. The maximum Gasteiger partial charge on any atom is 0.258 e. The first-order chi connectivity index (χ1) is 15.5. The number of H-pyrrole nitrogens is 1. The van der Waals surface area contributed by atoms with Crippen molar-refractivity contribution < 1.29 is 38.1 Å². The monoisotopic (exact) mass is 308 g/mol. The molecule has 0 saturated heterocycles. The number of ether oxygens (including phenoxy) is 4. The zero-order valence-corrected chi connectivity index (χ0v) is 10.2. The Kier molecular flexibility index (Phi) is 1.90. The fourth-order valence-electron chi connectivity index (χ4n) is 1.43. The van der Waals surface area contributed by atoms with Crippen LogP contribution in [0.2, 0.25) is 0 Å². The van der Waals surface area contributed by atoms with Crippen LogP contribution in [-0.4, -0.2) is 50.3 Å². The summed E-state index contributed by atoms with van der Waals surface area (Å²) in [7, 11) is -6.79. The molecule has 2 aromatic rings. The van der Waals surface area contributed by atoms with Gasteiger partial charge in [0.05, 0.1) is 49.5 Å². The molecule has 1 N–H and O–H groups in total. The highest BCUT2D eigenvalue weighted by Gasteiger charge is 2.10. The van der Waals surface area contributed by atoms with Crippen molar-refractivity contribution in [1.29, 1.82) is 0 Å². The van der Waals surface area contributed by atoms with Gasteiger partial charge < -0.3 is 23.9 Å². The van der Waals surface area contributed by atoms with Gasteiger partial charge in [0.1, 0.15) is 13.1 Å². The molecule has 0 radical (unpaired) electrons. The predicted molar refractivity (Wildman–Crippen MR) is 77.1 cm³/mol. The summed E-state index contributed by atoms with van der Waals surface area (Å²) < 4.78 is 122. The molecule has 1 heterocycles. The van der Waals surface area contributed by atoms with Gasteiger partial charge in [-0.1, -0.05) is 0 Å². The van der Waals surface area contributed by atoms with E-state index >= 15 is 0 Å². The summed E-state index contributed by atoms with van der Waals surface area (Å²) in [6.07, 6.45) is 0.947. The average Bonchev–Trinajstić information content (AvgIpc) is 2.58. The van der Waals surface area contributed by atoms with E-state index < -0.39 is 57.4 Å². The van der Waals surface area contributed by atoms with Crippen LogP contribution in [0.4, 0.5) is 0 Å². The molecule has 0 bridgehead atoms. The van der Waals surface area contributed by atoms with E-state index in [1.807, 2.05) is 0 Å². The molecule has 7 heteroatoms. The van der Waals surface area contributed by atoms with Crippen LogP contribution in [0.25, 0.3) is 10.9 Å². The number of aromatic nitrogens is 2. The van der Waals surface area contributed by atoms with Gasteiger partial charge in [-0.15, -0.1) is 0 Å². The number of benzene rings is 1. The van der Waals surface area contributed by atoms with Gasteiger partial charge in [0, 0.05) is 20.1 Å². The molecule has 0 saturated carbocycles. The number of methoxy groups -OCH3 is 2. The Balaban J connectivity index is 2.61. The van der Waals surface area contributed by atoms with E-state index in [1.54, 1.807) is 0 Å². The lowest BCUT2D eigenvalue weighted by Gasteiger charge is -2.13. The predicted octanol–water partition coefficient (Wildman–Crippen LogP) is 0.973. The minimum Gasteiger partial charge on any atom is -0.487 e. The summed E-state index contributed by atoms with van der Waals surface area (Å²) in [6.45, 7) is -14.5. The van der Waals surface area contributed by atoms with E-state index in [0.717, 1.165) is 18.5 Å². The molecule has 21 heavy (non-hydrogen) atoms. The summed E-state index contributed by atoms with van der Waals surface area (Å²) in [5.74, 6) is -1.78. The molecule has 0 atom stereocenters. The van der Waals surface area contributed by atoms with Gasteiger partial charge in [-0.05, 0) is 6.07 Å². The Morgan fingerprint density at radius 1 is 1.14 bits per heavy atom. The molecule has 1 aromatic carbocycles. The normalized spacial score (nSPS) is 24.6. The average molecular weight is 308 g/mol. The number of nitrogens with one attached hydrogen (secondary N) is 1. The highest BCUT2D eigenvalue weighted by atomic mass is 16.5. The second kappa shape index (κ2) is 7.61. The van der Waals surface area contributed by atoms with Gasteiger partial charge in [0.15, 0.2) is 11.5 Å². The van der Waals surface area contributed by atoms with Crippen LogP contribution in [0.15, 0.2) is 23.3 Å². The maximum atomic E-state index is 12.1. The Morgan fingerprint density at radius 3 is 2.48 bits per heavy atom. The van der Waals surface area contributed by atoms with Crippen LogP contribution in [0.5, 0.6) is 11.5 Å². The summed E-state index contributed by atoms with van der Waals surface area (Å²) in [6, 6.07) is 1.55. The number of hydrogen-bond acceptors (Lipinski definition) is 6. The number of hydrogen-bond donors (Lipinski definition) is 1. The van der Waals surface area contributed by atoms with Gasteiger partial charge in [0.25, 0.3) is 5.56 Å². The van der Waals surface area contributed by atoms with Crippen molar-refractivity contribution in [3.05, 3.63) is 28.8 Å². The molecule has 0 aliphatic heterocycles. The minimum atomic E-state index is -3.64. The minimum absolute atomic E-state index is 0.188. The molecule has 7 nitrogen and oxygen atoms in total. The van der Waals surface area contributed by atoms with E-state index in [2.05, 4.69) is 19.4 Å². The third-order valence-electron chi connectivity index (χ3n) is 2.21. The first kappa shape index (κ1) is 5.26. The highest BCUT2D eigenvalue weighted by Crippen LogP contribution is 2.30. The fourth-order valence-corrected chi connectivity index (χ4v) is 1.43. The summed E-state index contributed by atoms with van der Waals surface area (Å²) in [5.41, 5.74) is -0.982. The number of fused-ring (bicyclic) bond motifs is 1. The second-order valence-electron chi connectivity index (χ2n) is 3.36. The van der Waals surface area contributed by atoms with Crippen LogP contribution < -0.4 is 15.0 Å². The molecule has 0 amide bonds. The lowest BCUT2D eigenvalue weighted by molar-refractivity contribution is 0.132. The molecular weight excluding hydrogens is 276 g/mol. The molecule has 1 aromatic heterocycles. The zero-order valence-electron chi connectivity index (χ0n) is 24.2. The Labute approximate surface area is 141 Å². The topological polar surface area (TPSA) is 82.7 Å². The Hall–Kier alpha value is -2.12. The highest BCUT2D eigenvalue weighted by molar-refractivity contribution is 5.81. The Bertz CT molecular complexity index is 1130. The van der Waals surface area contributed by atoms with Gasteiger partial charge in [-0.2, -0.15) is 0 Å². The molecule has 2 rings (SSSR count). The molecule has 114 valence electrons. The van der Waals surface area contributed by atoms with Crippen molar-refractivity contribution in [3.63, 3.8) is 0 Å². The number of rotatable bonds is 8. The smallest absolute Gasteiger partial charge is 0.258 e. The van der Waals surface area contributed by atoms with Crippen LogP contribution in [0, 0.1) is 0 Å². The van der Waals surface area contributed by atoms with Crippen LogP contribution >= 0.6 is 0 Å². The Morgan fingerprint density at radius 2 is 1.81 bits per heavy atom. The van der Waals surface area contributed by atoms with E-state index in [4.69, 9.17) is 28.7 Å². The standard InChI is InChI=1S/C14H18N2O5/c1-18-3-5-20-12-7-10-11(15-9-16-14(10)17)8-13(12)21-6-4-19-2/h7-9H,3-6H2,1-2H3,(H,15,16,17)/i1D3,2D3,3D2,4D2,5D2,6D2. The lowest BCUT2D eigenvalue weighted by atomic mass is 10.2. The lowest BCUT2D eigenvalue weighted by Crippen LogP contribution is -2.11. The fraction of sp³-hybridized carbons (Fsp3) is 0.429. The van der Waals surface area contributed by atoms with Crippen molar-refractivity contribution in [1.82, 2.24) is 9.97 Å². The number of aromatic amines is 1. The second-order valence-corrected chi connectivity index (χ2v) is 3.36. The number of nitrogens with zero attached hydrogens (tertiary/aromatic N) is 1.